The van der Waals surface area contributed by atoms with Gasteiger partial charge in [-0.25, -0.2) is 4.79 Å². The van der Waals surface area contributed by atoms with E-state index in [1.807, 2.05) is 0 Å². The molecule has 3 amide bonds. The van der Waals surface area contributed by atoms with Crippen LogP contribution in [0.15, 0.2) is 41.1 Å². The molecular formula is C16H17ClN4O3. The van der Waals surface area contributed by atoms with Crippen LogP contribution in [-0.2, 0) is 0 Å². The van der Waals surface area contributed by atoms with Gasteiger partial charge in [-0.15, -0.1) is 0 Å². The minimum absolute atomic E-state index is 0.177. The zero-order valence-electron chi connectivity index (χ0n) is 12.9. The molecule has 1 aromatic heterocycles. The van der Waals surface area contributed by atoms with Gasteiger partial charge in [0.2, 0.25) is 0 Å². The monoisotopic (exact) mass is 348 g/mol. The molecule has 0 spiro atoms. The lowest BCUT2D eigenvalue weighted by molar-refractivity contribution is 0.0752. The Bertz CT molecular complexity index is 703. The van der Waals surface area contributed by atoms with E-state index in [-0.39, 0.29) is 17.6 Å². The van der Waals surface area contributed by atoms with Crippen molar-refractivity contribution >= 4 is 29.2 Å². The number of aromatic nitrogens is 1. The number of rotatable bonds is 2. The first-order valence-electron chi connectivity index (χ1n) is 7.64. The Kier molecular flexibility index (Phi) is 5.00. The number of urea groups is 1. The first kappa shape index (κ1) is 16.3. The molecule has 0 aliphatic carbocycles. The van der Waals surface area contributed by atoms with Gasteiger partial charge >= 0.3 is 6.03 Å². The molecule has 8 heteroatoms. The largest absolute Gasteiger partial charge is 0.364 e. The molecule has 0 radical (unpaired) electrons. The Hall–Kier alpha value is -2.54. The van der Waals surface area contributed by atoms with Crippen LogP contribution < -0.4 is 5.32 Å². The number of carbonyl (C=O) groups excluding carboxylic acids is 2. The van der Waals surface area contributed by atoms with Crippen LogP contribution in [0.5, 0.6) is 0 Å². The van der Waals surface area contributed by atoms with Gasteiger partial charge in [0, 0.05) is 43.0 Å². The molecule has 2 heterocycles. The first-order valence-corrected chi connectivity index (χ1v) is 8.02. The molecule has 1 aliphatic heterocycles. The zero-order valence-corrected chi connectivity index (χ0v) is 13.7. The normalized spacial score (nSPS) is 15.0. The molecule has 7 nitrogen and oxygen atoms in total. The van der Waals surface area contributed by atoms with Gasteiger partial charge in [-0.2, -0.15) is 0 Å². The quantitative estimate of drug-likeness (QED) is 0.905. The predicted octanol–water partition coefficient (Wildman–Crippen LogP) is 2.71. The van der Waals surface area contributed by atoms with E-state index in [1.54, 1.807) is 34.1 Å². The molecule has 126 valence electrons. The highest BCUT2D eigenvalue weighted by Gasteiger charge is 2.24. The van der Waals surface area contributed by atoms with E-state index < -0.39 is 0 Å². The lowest BCUT2D eigenvalue weighted by Gasteiger charge is -2.22. The number of halogens is 1. The summed E-state index contributed by atoms with van der Waals surface area (Å²) in [5.41, 5.74) is 0.971. The summed E-state index contributed by atoms with van der Waals surface area (Å²) in [6.45, 7) is 2.08. The van der Waals surface area contributed by atoms with Gasteiger partial charge in [-0.05, 0) is 30.7 Å². The minimum Gasteiger partial charge on any atom is -0.364 e. The third-order valence-corrected chi connectivity index (χ3v) is 4.07. The Morgan fingerprint density at radius 2 is 1.75 bits per heavy atom. The second-order valence-electron chi connectivity index (χ2n) is 5.45. The SMILES string of the molecule is O=C(Nc1ccc(Cl)cc1)N1CCCN(C(=O)c2ccon2)CC1. The maximum absolute atomic E-state index is 12.4. The number of benzene rings is 1. The summed E-state index contributed by atoms with van der Waals surface area (Å²) in [5.74, 6) is -0.177. The molecule has 3 rings (SSSR count). The van der Waals surface area contributed by atoms with Gasteiger partial charge in [0.1, 0.15) is 6.26 Å². The molecule has 0 unspecified atom stereocenters. The van der Waals surface area contributed by atoms with Crippen molar-refractivity contribution in [2.75, 3.05) is 31.5 Å². The molecule has 0 bridgehead atoms. The molecule has 1 aromatic carbocycles. The fourth-order valence-electron chi connectivity index (χ4n) is 2.54. The summed E-state index contributed by atoms with van der Waals surface area (Å²) < 4.78 is 4.71. The van der Waals surface area contributed by atoms with E-state index in [0.29, 0.717) is 43.3 Å². The molecule has 24 heavy (non-hydrogen) atoms. The highest BCUT2D eigenvalue weighted by atomic mass is 35.5. The minimum atomic E-state index is -0.187. The van der Waals surface area contributed by atoms with Gasteiger partial charge < -0.3 is 19.6 Å². The number of hydrogen-bond acceptors (Lipinski definition) is 4. The molecule has 1 fully saturated rings. The van der Waals surface area contributed by atoms with Crippen molar-refractivity contribution in [3.05, 3.63) is 47.3 Å². The molecule has 1 aliphatic rings. The summed E-state index contributed by atoms with van der Waals surface area (Å²) in [5, 5.41) is 7.12. The van der Waals surface area contributed by atoms with E-state index in [0.717, 1.165) is 0 Å². The summed E-state index contributed by atoms with van der Waals surface area (Å²) in [6.07, 6.45) is 2.08. The predicted molar refractivity (Wildman–Crippen MR) is 89.1 cm³/mol. The van der Waals surface area contributed by atoms with E-state index in [1.165, 1.54) is 12.3 Å². The highest BCUT2D eigenvalue weighted by Crippen LogP contribution is 2.15. The summed E-state index contributed by atoms with van der Waals surface area (Å²) in [4.78, 5) is 28.0. The molecule has 2 aromatic rings. The van der Waals surface area contributed by atoms with Gasteiger partial charge in [-0.3, -0.25) is 4.79 Å². The van der Waals surface area contributed by atoms with Gasteiger partial charge in [-0.1, -0.05) is 16.8 Å². The summed E-state index contributed by atoms with van der Waals surface area (Å²) in [7, 11) is 0. The number of anilines is 1. The maximum Gasteiger partial charge on any atom is 0.321 e. The van der Waals surface area contributed by atoms with E-state index in [9.17, 15) is 9.59 Å². The van der Waals surface area contributed by atoms with Gasteiger partial charge in [0.25, 0.3) is 5.91 Å². The van der Waals surface area contributed by atoms with Crippen molar-refractivity contribution in [2.24, 2.45) is 0 Å². The maximum atomic E-state index is 12.4. The first-order chi connectivity index (χ1) is 11.6. The average molecular weight is 349 g/mol. The highest BCUT2D eigenvalue weighted by molar-refractivity contribution is 6.30. The summed E-state index contributed by atoms with van der Waals surface area (Å²) in [6, 6.07) is 8.29. The smallest absolute Gasteiger partial charge is 0.321 e. The molecule has 0 atom stereocenters. The Morgan fingerprint density at radius 1 is 1.04 bits per heavy atom. The van der Waals surface area contributed by atoms with Crippen LogP contribution in [0.3, 0.4) is 0 Å². The lowest BCUT2D eigenvalue weighted by Crippen LogP contribution is -2.39. The molecule has 0 saturated carbocycles. The topological polar surface area (TPSA) is 78.7 Å². The average Bonchev–Trinajstić information content (AvgIpc) is 3.00. The van der Waals surface area contributed by atoms with Crippen molar-refractivity contribution in [3.8, 4) is 0 Å². The van der Waals surface area contributed by atoms with Crippen molar-refractivity contribution in [1.29, 1.82) is 0 Å². The van der Waals surface area contributed by atoms with Crippen LogP contribution in [0.1, 0.15) is 16.9 Å². The van der Waals surface area contributed by atoms with E-state index >= 15 is 0 Å². The second-order valence-corrected chi connectivity index (χ2v) is 5.89. The van der Waals surface area contributed by atoms with Crippen molar-refractivity contribution < 1.29 is 14.1 Å². The van der Waals surface area contributed by atoms with Crippen molar-refractivity contribution in [3.63, 3.8) is 0 Å². The fourth-order valence-corrected chi connectivity index (χ4v) is 2.67. The number of hydrogen-bond donors (Lipinski definition) is 1. The molecule has 1 N–H and O–H groups in total. The van der Waals surface area contributed by atoms with Crippen LogP contribution in [0.25, 0.3) is 0 Å². The summed E-state index contributed by atoms with van der Waals surface area (Å²) >= 11 is 5.83. The number of carbonyl (C=O) groups is 2. The van der Waals surface area contributed by atoms with Crippen LogP contribution in [0.2, 0.25) is 5.02 Å². The van der Waals surface area contributed by atoms with E-state index in [4.69, 9.17) is 16.1 Å². The zero-order chi connectivity index (χ0) is 16.9. The number of amides is 3. The van der Waals surface area contributed by atoms with Crippen LogP contribution >= 0.6 is 11.6 Å². The van der Waals surface area contributed by atoms with Crippen LogP contribution in [0.4, 0.5) is 10.5 Å². The second kappa shape index (κ2) is 7.35. The lowest BCUT2D eigenvalue weighted by atomic mass is 10.3. The van der Waals surface area contributed by atoms with Gasteiger partial charge in [0.05, 0.1) is 0 Å². The molecule has 1 saturated heterocycles. The Labute approximate surface area is 144 Å². The van der Waals surface area contributed by atoms with Gasteiger partial charge in [0.15, 0.2) is 5.69 Å². The van der Waals surface area contributed by atoms with E-state index in [2.05, 4.69) is 10.5 Å². The Morgan fingerprint density at radius 3 is 2.46 bits per heavy atom. The Balaban J connectivity index is 1.57. The number of nitrogens with one attached hydrogen (secondary N) is 1. The molecular weight excluding hydrogens is 332 g/mol. The van der Waals surface area contributed by atoms with Crippen molar-refractivity contribution in [2.45, 2.75) is 6.42 Å². The standard InChI is InChI=1S/C16H17ClN4O3/c17-12-2-4-13(5-3-12)18-16(23)21-8-1-7-20(9-10-21)15(22)14-6-11-24-19-14/h2-6,11H,1,7-10H2,(H,18,23). The van der Waals surface area contributed by atoms with Crippen LogP contribution in [-0.4, -0.2) is 53.1 Å². The number of nitrogens with zero attached hydrogens (tertiary/aromatic N) is 3. The third-order valence-electron chi connectivity index (χ3n) is 3.82. The van der Waals surface area contributed by atoms with Crippen molar-refractivity contribution in [1.82, 2.24) is 15.0 Å². The third kappa shape index (κ3) is 3.86. The van der Waals surface area contributed by atoms with Crippen LogP contribution in [0, 0.1) is 0 Å². The fraction of sp³-hybridized carbons (Fsp3) is 0.312.